The van der Waals surface area contributed by atoms with Gasteiger partial charge in [0.25, 0.3) is 0 Å². The molecule has 2 heterocycles. The molecule has 0 radical (unpaired) electrons. The Morgan fingerprint density at radius 2 is 1.65 bits per heavy atom. The molecule has 4 rings (SSSR count). The highest BCUT2D eigenvalue weighted by Gasteiger charge is 2.20. The van der Waals surface area contributed by atoms with Gasteiger partial charge in [0, 0.05) is 49.8 Å². The Labute approximate surface area is 159 Å². The molecule has 0 aliphatic carbocycles. The fourth-order valence-electron chi connectivity index (χ4n) is 3.26. The molecule has 3 aromatic rings. The summed E-state index contributed by atoms with van der Waals surface area (Å²) in [6.45, 7) is 7.46. The van der Waals surface area contributed by atoms with E-state index in [-0.39, 0.29) is 0 Å². The van der Waals surface area contributed by atoms with Gasteiger partial charge >= 0.3 is 0 Å². The first kappa shape index (κ1) is 17.2. The summed E-state index contributed by atoms with van der Waals surface area (Å²) in [7, 11) is 0. The Morgan fingerprint density at radius 3 is 2.38 bits per heavy atom. The van der Waals surface area contributed by atoms with Crippen molar-refractivity contribution in [3.05, 3.63) is 65.7 Å². The van der Waals surface area contributed by atoms with Gasteiger partial charge in [-0.15, -0.1) is 0 Å². The Morgan fingerprint density at radius 1 is 0.923 bits per heavy atom. The van der Waals surface area contributed by atoms with Crippen molar-refractivity contribution in [3.63, 3.8) is 0 Å². The van der Waals surface area contributed by atoms with E-state index < -0.39 is 0 Å². The summed E-state index contributed by atoms with van der Waals surface area (Å²) >= 11 is 1.51. The Balaban J connectivity index is 1.31. The maximum Gasteiger partial charge on any atom is 0.205 e. The minimum Gasteiger partial charge on any atom is -0.344 e. The average molecular weight is 365 g/mol. The van der Waals surface area contributed by atoms with Gasteiger partial charge in [-0.2, -0.15) is 9.36 Å². The zero-order valence-electron chi connectivity index (χ0n) is 15.1. The number of anilines is 1. The molecule has 1 saturated heterocycles. The van der Waals surface area contributed by atoms with Gasteiger partial charge < -0.3 is 4.90 Å². The van der Waals surface area contributed by atoms with E-state index in [1.54, 1.807) is 0 Å². The topological polar surface area (TPSA) is 32.3 Å². The first-order valence-electron chi connectivity index (χ1n) is 9.20. The van der Waals surface area contributed by atoms with Crippen LogP contribution in [0.15, 0.2) is 54.6 Å². The highest BCUT2D eigenvalue weighted by Crippen LogP contribution is 2.25. The molecule has 0 amide bonds. The Bertz CT molecular complexity index is 821. The Hall–Kier alpha value is -2.24. The lowest BCUT2D eigenvalue weighted by atomic mass is 10.1. The molecule has 0 N–H and O–H groups in total. The zero-order chi connectivity index (χ0) is 17.8. The molecule has 0 bridgehead atoms. The zero-order valence-corrected chi connectivity index (χ0v) is 16.0. The second-order valence-corrected chi connectivity index (χ2v) is 7.56. The summed E-state index contributed by atoms with van der Waals surface area (Å²) in [5.41, 5.74) is 3.78. The molecule has 5 heteroatoms. The van der Waals surface area contributed by atoms with Crippen LogP contribution in [0.4, 0.5) is 5.13 Å². The van der Waals surface area contributed by atoms with Crippen LogP contribution in [0, 0.1) is 6.92 Å². The number of nitrogens with zero attached hydrogens (tertiary/aromatic N) is 4. The van der Waals surface area contributed by atoms with E-state index in [2.05, 4.69) is 75.7 Å². The molecule has 1 aliphatic heterocycles. The van der Waals surface area contributed by atoms with Crippen molar-refractivity contribution in [1.29, 1.82) is 0 Å². The van der Waals surface area contributed by atoms with Gasteiger partial charge in [0.1, 0.15) is 0 Å². The van der Waals surface area contributed by atoms with E-state index in [1.165, 1.54) is 22.7 Å². The van der Waals surface area contributed by atoms with Crippen molar-refractivity contribution < 1.29 is 0 Å². The fraction of sp³-hybridized carbons (Fsp3) is 0.333. The van der Waals surface area contributed by atoms with Gasteiger partial charge in [-0.3, -0.25) is 4.90 Å². The molecule has 2 aromatic carbocycles. The van der Waals surface area contributed by atoms with E-state index in [0.29, 0.717) is 0 Å². The molecule has 134 valence electrons. The largest absolute Gasteiger partial charge is 0.344 e. The van der Waals surface area contributed by atoms with E-state index in [0.717, 1.165) is 55.7 Å². The third-order valence-corrected chi connectivity index (χ3v) is 5.70. The van der Waals surface area contributed by atoms with Crippen LogP contribution in [0.2, 0.25) is 0 Å². The van der Waals surface area contributed by atoms with Gasteiger partial charge in [0.2, 0.25) is 5.13 Å². The van der Waals surface area contributed by atoms with Crippen LogP contribution in [0.25, 0.3) is 11.4 Å². The normalized spacial score (nSPS) is 15.3. The third kappa shape index (κ3) is 4.11. The van der Waals surface area contributed by atoms with Crippen LogP contribution in [0.3, 0.4) is 0 Å². The van der Waals surface area contributed by atoms with Gasteiger partial charge in [0.05, 0.1) is 0 Å². The standard InChI is InChI=1S/C21H24N4S/c1-17-7-9-19(10-8-17)20-22-21(26-23-20)25-15-13-24(14-16-25)12-11-18-5-3-2-4-6-18/h2-10H,11-16H2,1H3. The van der Waals surface area contributed by atoms with Crippen LogP contribution in [0.5, 0.6) is 0 Å². The summed E-state index contributed by atoms with van der Waals surface area (Å²) in [6, 6.07) is 19.2. The van der Waals surface area contributed by atoms with E-state index >= 15 is 0 Å². The molecule has 1 fully saturated rings. The van der Waals surface area contributed by atoms with Crippen molar-refractivity contribution in [2.75, 3.05) is 37.6 Å². The third-order valence-electron chi connectivity index (χ3n) is 4.93. The highest BCUT2D eigenvalue weighted by molar-refractivity contribution is 7.09. The second-order valence-electron chi connectivity index (χ2n) is 6.83. The van der Waals surface area contributed by atoms with Crippen LogP contribution >= 0.6 is 11.5 Å². The van der Waals surface area contributed by atoms with Crippen LogP contribution in [-0.4, -0.2) is 47.0 Å². The van der Waals surface area contributed by atoms with Crippen molar-refractivity contribution in [1.82, 2.24) is 14.3 Å². The molecule has 0 atom stereocenters. The molecular formula is C21H24N4S. The molecule has 1 aliphatic rings. The van der Waals surface area contributed by atoms with Crippen molar-refractivity contribution in [2.24, 2.45) is 0 Å². The summed E-state index contributed by atoms with van der Waals surface area (Å²) in [4.78, 5) is 9.68. The summed E-state index contributed by atoms with van der Waals surface area (Å²) in [5.74, 6) is 0.844. The second kappa shape index (κ2) is 7.98. The maximum atomic E-state index is 4.77. The number of benzene rings is 2. The summed E-state index contributed by atoms with van der Waals surface area (Å²) in [6.07, 6.45) is 1.12. The average Bonchev–Trinajstić information content (AvgIpc) is 3.18. The first-order valence-corrected chi connectivity index (χ1v) is 9.97. The van der Waals surface area contributed by atoms with E-state index in [1.807, 2.05) is 0 Å². The lowest BCUT2D eigenvalue weighted by Crippen LogP contribution is -2.47. The molecule has 0 unspecified atom stereocenters. The molecular weight excluding hydrogens is 340 g/mol. The Kier molecular flexibility index (Phi) is 5.27. The molecule has 1 aromatic heterocycles. The van der Waals surface area contributed by atoms with Crippen LogP contribution < -0.4 is 4.90 Å². The lowest BCUT2D eigenvalue weighted by molar-refractivity contribution is 0.261. The number of piperazine rings is 1. The minimum atomic E-state index is 0.844. The smallest absolute Gasteiger partial charge is 0.205 e. The quantitative estimate of drug-likeness (QED) is 0.688. The number of rotatable bonds is 5. The number of hydrogen-bond acceptors (Lipinski definition) is 5. The van der Waals surface area contributed by atoms with E-state index in [4.69, 9.17) is 4.98 Å². The highest BCUT2D eigenvalue weighted by atomic mass is 32.1. The number of aryl methyl sites for hydroxylation is 1. The summed E-state index contributed by atoms with van der Waals surface area (Å²) in [5, 5.41) is 1.04. The fourth-order valence-corrected chi connectivity index (χ4v) is 4.00. The predicted molar refractivity (Wildman–Crippen MR) is 109 cm³/mol. The molecule has 26 heavy (non-hydrogen) atoms. The van der Waals surface area contributed by atoms with Gasteiger partial charge in [-0.1, -0.05) is 60.2 Å². The predicted octanol–water partition coefficient (Wildman–Crippen LogP) is 3.88. The first-order chi connectivity index (χ1) is 12.8. The van der Waals surface area contributed by atoms with Crippen molar-refractivity contribution in [3.8, 4) is 11.4 Å². The van der Waals surface area contributed by atoms with Crippen molar-refractivity contribution >= 4 is 16.7 Å². The van der Waals surface area contributed by atoms with Gasteiger partial charge in [-0.25, -0.2) is 0 Å². The molecule has 0 saturated carbocycles. The van der Waals surface area contributed by atoms with Crippen LogP contribution in [0.1, 0.15) is 11.1 Å². The van der Waals surface area contributed by atoms with Gasteiger partial charge in [0.15, 0.2) is 5.82 Å². The minimum absolute atomic E-state index is 0.844. The van der Waals surface area contributed by atoms with Gasteiger partial charge in [-0.05, 0) is 18.9 Å². The number of hydrogen-bond donors (Lipinski definition) is 0. The monoisotopic (exact) mass is 364 g/mol. The van der Waals surface area contributed by atoms with E-state index in [9.17, 15) is 0 Å². The molecule has 4 nitrogen and oxygen atoms in total. The molecule has 0 spiro atoms. The summed E-state index contributed by atoms with van der Waals surface area (Å²) < 4.78 is 4.56. The lowest BCUT2D eigenvalue weighted by Gasteiger charge is -2.34. The van der Waals surface area contributed by atoms with Crippen molar-refractivity contribution in [2.45, 2.75) is 13.3 Å². The SMILES string of the molecule is Cc1ccc(-c2nsc(N3CCN(CCc4ccccc4)CC3)n2)cc1. The van der Waals surface area contributed by atoms with Crippen LogP contribution in [-0.2, 0) is 6.42 Å². The maximum absolute atomic E-state index is 4.77. The number of aromatic nitrogens is 2.